The number of rotatable bonds is 5. The molecule has 3 rings (SSSR count). The topological polar surface area (TPSA) is 51.7 Å². The number of hydrogen-bond donors (Lipinski definition) is 0. The maximum atomic E-state index is 12.6. The monoisotopic (exact) mass is 318 g/mol. The van der Waals surface area contributed by atoms with Gasteiger partial charge in [-0.25, -0.2) is 0 Å². The van der Waals surface area contributed by atoms with Gasteiger partial charge in [0.05, 0.1) is 18.6 Å². The van der Waals surface area contributed by atoms with Gasteiger partial charge in [-0.15, -0.1) is 0 Å². The van der Waals surface area contributed by atoms with E-state index in [-0.39, 0.29) is 11.5 Å². The van der Waals surface area contributed by atoms with E-state index in [0.717, 1.165) is 57.6 Å². The van der Waals surface area contributed by atoms with Crippen LogP contribution >= 0.6 is 0 Å². The average molecular weight is 318 g/mol. The summed E-state index contributed by atoms with van der Waals surface area (Å²) in [6.45, 7) is 3.16. The number of carbonyl (C=O) groups excluding carboxylic acids is 1. The molecule has 1 spiro atoms. The second-order valence-electron chi connectivity index (χ2n) is 6.80. The molecule has 2 fully saturated rings. The fraction of sp³-hybridized carbons (Fsp3) is 0.667. The number of piperidine rings is 1. The maximum Gasteiger partial charge on any atom is 0.227 e. The Morgan fingerprint density at radius 2 is 2.48 bits per heavy atom. The van der Waals surface area contributed by atoms with Crippen molar-refractivity contribution in [1.29, 1.82) is 0 Å². The van der Waals surface area contributed by atoms with Crippen LogP contribution in [-0.2, 0) is 20.7 Å². The number of pyridine rings is 1. The minimum absolute atomic E-state index is 0.124. The zero-order valence-electron chi connectivity index (χ0n) is 13.9. The van der Waals surface area contributed by atoms with Crippen molar-refractivity contribution in [2.75, 3.05) is 33.4 Å². The molecule has 1 aromatic heterocycles. The number of carbonyl (C=O) groups is 1. The van der Waals surface area contributed by atoms with Crippen LogP contribution in [0.3, 0.4) is 0 Å². The van der Waals surface area contributed by atoms with Gasteiger partial charge in [0, 0.05) is 39.2 Å². The molecule has 0 bridgehead atoms. The summed E-state index contributed by atoms with van der Waals surface area (Å²) in [5, 5.41) is 0. The van der Waals surface area contributed by atoms with Crippen LogP contribution in [-0.4, -0.2) is 54.8 Å². The second-order valence-corrected chi connectivity index (χ2v) is 6.80. The first-order chi connectivity index (χ1) is 11.2. The molecule has 126 valence electrons. The van der Waals surface area contributed by atoms with E-state index >= 15 is 0 Å². The summed E-state index contributed by atoms with van der Waals surface area (Å²) >= 11 is 0. The zero-order chi connectivity index (χ0) is 16.1. The highest BCUT2D eigenvalue weighted by Gasteiger charge is 2.44. The van der Waals surface area contributed by atoms with Gasteiger partial charge in [0.2, 0.25) is 5.91 Å². The summed E-state index contributed by atoms with van der Waals surface area (Å²) in [4.78, 5) is 18.7. The highest BCUT2D eigenvalue weighted by molar-refractivity contribution is 5.78. The molecular weight excluding hydrogens is 292 g/mol. The summed E-state index contributed by atoms with van der Waals surface area (Å²) in [7, 11) is 1.74. The number of aromatic nitrogens is 1. The van der Waals surface area contributed by atoms with Crippen molar-refractivity contribution >= 4 is 5.91 Å². The number of likely N-dealkylation sites (tertiary alicyclic amines) is 1. The molecule has 2 atom stereocenters. The van der Waals surface area contributed by atoms with Gasteiger partial charge in [-0.2, -0.15) is 0 Å². The average Bonchev–Trinajstić information content (AvgIpc) is 2.96. The minimum atomic E-state index is -0.124. The van der Waals surface area contributed by atoms with Crippen LogP contribution in [0.2, 0.25) is 0 Å². The Balaban J connectivity index is 1.57. The molecule has 2 unspecified atom stereocenters. The lowest BCUT2D eigenvalue weighted by Gasteiger charge is -2.40. The Morgan fingerprint density at radius 1 is 1.57 bits per heavy atom. The highest BCUT2D eigenvalue weighted by atomic mass is 16.5. The predicted octanol–water partition coefficient (Wildman–Crippen LogP) is 2.06. The lowest BCUT2D eigenvalue weighted by Crippen LogP contribution is -2.50. The Morgan fingerprint density at radius 3 is 3.26 bits per heavy atom. The van der Waals surface area contributed by atoms with Crippen LogP contribution in [0.5, 0.6) is 0 Å². The molecule has 0 radical (unpaired) electrons. The molecule has 0 saturated carbocycles. The largest absolute Gasteiger partial charge is 0.385 e. The summed E-state index contributed by atoms with van der Waals surface area (Å²) in [5.41, 5.74) is 0.851. The second kappa shape index (κ2) is 7.41. The van der Waals surface area contributed by atoms with Gasteiger partial charge in [0.1, 0.15) is 0 Å². The van der Waals surface area contributed by atoms with E-state index in [4.69, 9.17) is 9.47 Å². The Bertz CT molecular complexity index is 522. The first kappa shape index (κ1) is 16.4. The third-order valence-corrected chi connectivity index (χ3v) is 4.99. The molecule has 23 heavy (non-hydrogen) atoms. The summed E-state index contributed by atoms with van der Waals surface area (Å²) in [6.07, 6.45) is 8.11. The van der Waals surface area contributed by atoms with Gasteiger partial charge in [-0.05, 0) is 43.2 Å². The first-order valence-corrected chi connectivity index (χ1v) is 8.50. The van der Waals surface area contributed by atoms with Crippen molar-refractivity contribution in [1.82, 2.24) is 9.88 Å². The fourth-order valence-electron chi connectivity index (χ4n) is 3.79. The predicted molar refractivity (Wildman–Crippen MR) is 87.0 cm³/mol. The molecule has 1 aromatic rings. The van der Waals surface area contributed by atoms with E-state index in [1.54, 1.807) is 19.5 Å². The van der Waals surface area contributed by atoms with Crippen molar-refractivity contribution in [2.24, 2.45) is 5.92 Å². The van der Waals surface area contributed by atoms with E-state index in [2.05, 4.69) is 4.98 Å². The molecular formula is C18H26N2O3. The van der Waals surface area contributed by atoms with Crippen molar-refractivity contribution in [3.63, 3.8) is 0 Å². The third kappa shape index (κ3) is 4.09. The minimum Gasteiger partial charge on any atom is -0.385 e. The van der Waals surface area contributed by atoms with Crippen LogP contribution in [0.25, 0.3) is 0 Å². The molecule has 5 nitrogen and oxygen atoms in total. The number of methoxy groups -OCH3 is 1. The van der Waals surface area contributed by atoms with Crippen molar-refractivity contribution < 1.29 is 14.3 Å². The van der Waals surface area contributed by atoms with Crippen molar-refractivity contribution in [3.8, 4) is 0 Å². The van der Waals surface area contributed by atoms with E-state index in [0.29, 0.717) is 12.3 Å². The number of hydrogen-bond acceptors (Lipinski definition) is 4. The number of nitrogens with zero attached hydrogens (tertiary/aromatic N) is 2. The van der Waals surface area contributed by atoms with Crippen molar-refractivity contribution in [2.45, 2.75) is 37.7 Å². The van der Waals surface area contributed by atoms with E-state index in [1.807, 2.05) is 17.0 Å². The molecule has 0 aromatic carbocycles. The Kier molecular flexibility index (Phi) is 5.28. The fourth-order valence-corrected chi connectivity index (χ4v) is 3.79. The smallest absolute Gasteiger partial charge is 0.227 e. The summed E-state index contributed by atoms with van der Waals surface area (Å²) in [5.74, 6) is 0.740. The molecule has 2 aliphatic rings. The lowest BCUT2D eigenvalue weighted by molar-refractivity contribution is -0.138. The lowest BCUT2D eigenvalue weighted by atomic mass is 9.85. The van der Waals surface area contributed by atoms with E-state index < -0.39 is 0 Å². The normalized spacial score (nSPS) is 27.5. The molecule has 5 heteroatoms. The van der Waals surface area contributed by atoms with Gasteiger partial charge in [-0.3, -0.25) is 9.78 Å². The summed E-state index contributed by atoms with van der Waals surface area (Å²) in [6, 6.07) is 3.83. The molecule has 3 heterocycles. The Labute approximate surface area is 138 Å². The maximum absolute atomic E-state index is 12.6. The molecule has 2 saturated heterocycles. The third-order valence-electron chi connectivity index (χ3n) is 4.99. The van der Waals surface area contributed by atoms with Crippen LogP contribution < -0.4 is 0 Å². The van der Waals surface area contributed by atoms with Gasteiger partial charge in [0.15, 0.2) is 0 Å². The van der Waals surface area contributed by atoms with Crippen LogP contribution in [0.4, 0.5) is 0 Å². The summed E-state index contributed by atoms with van der Waals surface area (Å²) < 4.78 is 11.3. The quantitative estimate of drug-likeness (QED) is 0.834. The zero-order valence-corrected chi connectivity index (χ0v) is 13.9. The molecule has 0 aliphatic carbocycles. The molecule has 1 amide bonds. The highest BCUT2D eigenvalue weighted by Crippen LogP contribution is 2.38. The molecule has 2 aliphatic heterocycles. The SMILES string of the molecule is COCCC1COC2(CCCN(C(=O)Cc3cccnc3)C2)C1. The van der Waals surface area contributed by atoms with E-state index in [9.17, 15) is 4.79 Å². The van der Waals surface area contributed by atoms with E-state index in [1.165, 1.54) is 0 Å². The number of ether oxygens (including phenoxy) is 2. The van der Waals surface area contributed by atoms with Gasteiger partial charge >= 0.3 is 0 Å². The van der Waals surface area contributed by atoms with Gasteiger partial charge < -0.3 is 14.4 Å². The van der Waals surface area contributed by atoms with Crippen LogP contribution in [0, 0.1) is 5.92 Å². The number of amides is 1. The first-order valence-electron chi connectivity index (χ1n) is 8.50. The van der Waals surface area contributed by atoms with Gasteiger partial charge in [-0.1, -0.05) is 6.07 Å². The molecule has 0 N–H and O–H groups in total. The van der Waals surface area contributed by atoms with Crippen LogP contribution in [0.1, 0.15) is 31.2 Å². The standard InChI is InChI=1S/C18H26N2O3/c1-22-9-5-16-11-18(23-13-16)6-3-8-20(14-18)17(21)10-15-4-2-7-19-12-15/h2,4,7,12,16H,3,5-6,8-11,13-14H2,1H3. The van der Waals surface area contributed by atoms with Crippen molar-refractivity contribution in [3.05, 3.63) is 30.1 Å². The Hall–Kier alpha value is -1.46. The van der Waals surface area contributed by atoms with Crippen LogP contribution in [0.15, 0.2) is 24.5 Å². The van der Waals surface area contributed by atoms with Gasteiger partial charge in [0.25, 0.3) is 0 Å².